The number of cyclic esters (lactones) is 1. The number of aromatic nitrogens is 2. The monoisotopic (exact) mass is 981 g/mol. The Labute approximate surface area is 393 Å². The summed E-state index contributed by atoms with van der Waals surface area (Å²) >= 11 is 0. The van der Waals surface area contributed by atoms with E-state index in [1.54, 1.807) is 50.2 Å². The quantitative estimate of drug-likeness (QED) is 0.0468. The number of pyridine rings is 2. The Kier molecular flexibility index (Phi) is 15.6. The van der Waals surface area contributed by atoms with E-state index in [1.807, 2.05) is 0 Å². The van der Waals surface area contributed by atoms with Crippen molar-refractivity contribution in [2.75, 3.05) is 32.7 Å². The van der Waals surface area contributed by atoms with Gasteiger partial charge in [0, 0.05) is 29.0 Å². The van der Waals surface area contributed by atoms with Crippen LogP contribution in [-0.2, 0) is 74.7 Å². The van der Waals surface area contributed by atoms with Crippen molar-refractivity contribution in [2.24, 2.45) is 5.73 Å². The van der Waals surface area contributed by atoms with Gasteiger partial charge in [-0.2, -0.15) is 13.2 Å². The fourth-order valence-corrected chi connectivity index (χ4v) is 8.27. The molecule has 2 aliphatic heterocycles. The normalized spacial score (nSPS) is 16.7. The molecule has 6 amide bonds. The van der Waals surface area contributed by atoms with Gasteiger partial charge in [-0.15, -0.1) is 0 Å². The van der Waals surface area contributed by atoms with Crippen molar-refractivity contribution in [3.8, 4) is 11.4 Å². The molecule has 1 unspecified atom stereocenters. The number of carbonyl (C=O) groups excluding carboxylic acids is 7. The summed E-state index contributed by atoms with van der Waals surface area (Å²) in [6.45, 7) is 0.697. The Bertz CT molecular complexity index is 2860. The molecule has 2 aromatic carbocycles. The smallest absolute Gasteiger partial charge is 0.475 e. The highest BCUT2D eigenvalue weighted by Crippen LogP contribution is 2.46. The van der Waals surface area contributed by atoms with Crippen LogP contribution >= 0.6 is 0 Å². The number of nitrogens with one attached hydrogen (secondary N) is 6. The van der Waals surface area contributed by atoms with Crippen LogP contribution in [0.15, 0.2) is 47.3 Å². The molecular weight excluding hydrogens is 935 g/mol. The van der Waals surface area contributed by atoms with Gasteiger partial charge in [0.25, 0.3) is 5.56 Å². The van der Waals surface area contributed by atoms with E-state index < -0.39 is 109 Å². The first kappa shape index (κ1) is 51.6. The largest absolute Gasteiger partial charge is 0.490 e. The van der Waals surface area contributed by atoms with Crippen molar-refractivity contribution in [1.82, 2.24) is 41.5 Å². The lowest BCUT2D eigenvalue weighted by Gasteiger charge is -2.31. The van der Waals surface area contributed by atoms with Gasteiger partial charge in [-0.3, -0.25) is 33.6 Å². The van der Waals surface area contributed by atoms with Gasteiger partial charge in [0.1, 0.15) is 18.5 Å². The highest BCUT2D eigenvalue weighted by Gasteiger charge is 2.46. The van der Waals surface area contributed by atoms with Crippen LogP contribution in [0.3, 0.4) is 0 Å². The SMILES string of the molecule is CC[C@@]1(O)C(=O)OCc2c1cc1n(c2=O)Cc2c-1nc1cc(F)c(C)c3c1c2[C@@H](NC(=O)CNC(=O)CNC(=O)CNC(=O)C(Cc1ccccc1)NC(=O)CNC(=O)CN)CC3.O=C(O)C(F)(F)F. The number of aliphatic carboxylic acids is 1. The summed E-state index contributed by atoms with van der Waals surface area (Å²) in [6.07, 6.45) is -4.31. The number of ether oxygens (including phenoxy) is 1. The van der Waals surface area contributed by atoms with Crippen molar-refractivity contribution in [3.63, 3.8) is 0 Å². The summed E-state index contributed by atoms with van der Waals surface area (Å²) in [5, 5.41) is 34.1. The molecule has 0 fully saturated rings. The molecule has 0 spiro atoms. The van der Waals surface area contributed by atoms with E-state index in [-0.39, 0.29) is 43.7 Å². The summed E-state index contributed by atoms with van der Waals surface area (Å²) in [5.74, 6) is -8.02. The third-order valence-electron chi connectivity index (χ3n) is 11.8. The number of esters is 1. The summed E-state index contributed by atoms with van der Waals surface area (Å²) in [4.78, 5) is 116. The van der Waals surface area contributed by atoms with E-state index in [9.17, 15) is 56.6 Å². The number of fused-ring (bicyclic) bond motifs is 5. The van der Waals surface area contributed by atoms with Gasteiger partial charge in [0.05, 0.1) is 67.8 Å². The number of benzene rings is 2. The number of halogens is 4. The van der Waals surface area contributed by atoms with Crippen molar-refractivity contribution in [2.45, 2.75) is 76.5 Å². The molecule has 10 N–H and O–H groups in total. The molecule has 0 saturated carbocycles. The number of aryl methyl sites for hydroxylation is 1. The number of carboxylic acids is 1. The molecular formula is C45H47F4N9O12. The van der Waals surface area contributed by atoms with E-state index in [4.69, 9.17) is 25.4 Å². The van der Waals surface area contributed by atoms with Crippen molar-refractivity contribution in [3.05, 3.63) is 97.6 Å². The van der Waals surface area contributed by atoms with Crippen LogP contribution in [0.4, 0.5) is 17.6 Å². The molecule has 2 aromatic heterocycles. The fraction of sp³-hybridized carbons (Fsp3) is 0.378. The molecule has 4 aromatic rings. The number of hydrogen-bond acceptors (Lipinski definition) is 13. The zero-order valence-corrected chi connectivity index (χ0v) is 37.4. The average molecular weight is 982 g/mol. The van der Waals surface area contributed by atoms with E-state index in [1.165, 1.54) is 10.6 Å². The first-order valence-corrected chi connectivity index (χ1v) is 21.6. The second kappa shape index (κ2) is 21.2. The second-order valence-electron chi connectivity index (χ2n) is 16.3. The molecule has 4 heterocycles. The second-order valence-corrected chi connectivity index (χ2v) is 16.3. The van der Waals surface area contributed by atoms with Crippen LogP contribution in [0.5, 0.6) is 0 Å². The number of nitrogens with zero attached hydrogens (tertiary/aromatic N) is 2. The Balaban J connectivity index is 0.00000107. The van der Waals surface area contributed by atoms with E-state index in [0.29, 0.717) is 62.9 Å². The summed E-state index contributed by atoms with van der Waals surface area (Å²) < 4.78 is 53.7. The number of alkyl halides is 3. The maximum Gasteiger partial charge on any atom is 0.490 e. The topological polar surface area (TPSA) is 319 Å². The van der Waals surface area contributed by atoms with E-state index in [0.717, 1.165) is 0 Å². The first-order chi connectivity index (χ1) is 33.1. The zero-order valence-electron chi connectivity index (χ0n) is 37.4. The van der Waals surface area contributed by atoms with Crippen LogP contribution in [0.2, 0.25) is 0 Å². The number of rotatable bonds is 15. The van der Waals surface area contributed by atoms with Crippen LogP contribution in [0.25, 0.3) is 22.3 Å². The zero-order chi connectivity index (χ0) is 51.2. The Morgan fingerprint density at radius 3 is 2.14 bits per heavy atom. The maximum absolute atomic E-state index is 15.3. The predicted octanol–water partition coefficient (Wildman–Crippen LogP) is -0.585. The predicted molar refractivity (Wildman–Crippen MR) is 235 cm³/mol. The molecule has 21 nitrogen and oxygen atoms in total. The molecule has 3 atom stereocenters. The van der Waals surface area contributed by atoms with E-state index in [2.05, 4.69) is 31.9 Å². The minimum atomic E-state index is -5.08. The fourth-order valence-electron chi connectivity index (χ4n) is 8.27. The van der Waals surface area contributed by atoms with Crippen molar-refractivity contribution < 1.29 is 70.9 Å². The van der Waals surface area contributed by atoms with Gasteiger partial charge in [-0.25, -0.2) is 19.0 Å². The third kappa shape index (κ3) is 11.2. The molecule has 7 rings (SSSR count). The van der Waals surface area contributed by atoms with Gasteiger partial charge < -0.3 is 57.2 Å². The molecule has 3 aliphatic rings. The summed E-state index contributed by atoms with van der Waals surface area (Å²) in [7, 11) is 0. The molecule has 25 heteroatoms. The lowest BCUT2D eigenvalue weighted by atomic mass is 9.81. The minimum Gasteiger partial charge on any atom is -0.475 e. The van der Waals surface area contributed by atoms with E-state index >= 15 is 4.39 Å². The molecule has 0 radical (unpaired) electrons. The first-order valence-electron chi connectivity index (χ1n) is 21.6. The maximum atomic E-state index is 15.3. The number of nitrogens with two attached hydrogens (primary N) is 1. The lowest BCUT2D eigenvalue weighted by Crippen LogP contribution is -2.52. The van der Waals surface area contributed by atoms with Gasteiger partial charge in [0.2, 0.25) is 35.4 Å². The minimum absolute atomic E-state index is 0.0455. The van der Waals surface area contributed by atoms with Gasteiger partial charge >= 0.3 is 18.1 Å². The highest BCUT2D eigenvalue weighted by molar-refractivity contribution is 5.95. The van der Waals surface area contributed by atoms with Gasteiger partial charge in [-0.1, -0.05) is 37.3 Å². The Morgan fingerprint density at radius 2 is 1.51 bits per heavy atom. The number of amides is 6. The lowest BCUT2D eigenvalue weighted by molar-refractivity contribution is -0.192. The van der Waals surface area contributed by atoms with Crippen LogP contribution in [0.1, 0.15) is 64.8 Å². The number of carboxylic acid groups (broad SMARTS) is 1. The molecule has 0 bridgehead atoms. The Morgan fingerprint density at radius 1 is 0.900 bits per heavy atom. The molecule has 70 heavy (non-hydrogen) atoms. The summed E-state index contributed by atoms with van der Waals surface area (Å²) in [6, 6.07) is 9.89. The molecule has 372 valence electrons. The average Bonchev–Trinajstić information content (AvgIpc) is 3.70. The van der Waals surface area contributed by atoms with Crippen LogP contribution < -0.4 is 43.2 Å². The van der Waals surface area contributed by atoms with Crippen molar-refractivity contribution >= 4 is 58.3 Å². The van der Waals surface area contributed by atoms with Crippen LogP contribution in [0, 0.1) is 12.7 Å². The van der Waals surface area contributed by atoms with Gasteiger partial charge in [0.15, 0.2) is 5.60 Å². The van der Waals surface area contributed by atoms with Crippen LogP contribution in [-0.4, -0.2) is 112 Å². The number of hydrogen-bond donors (Lipinski definition) is 9. The van der Waals surface area contributed by atoms with Crippen molar-refractivity contribution in [1.29, 1.82) is 0 Å². The highest BCUT2D eigenvalue weighted by atomic mass is 19.4. The number of aliphatic hydroxyl groups is 1. The third-order valence-corrected chi connectivity index (χ3v) is 11.8. The summed E-state index contributed by atoms with van der Waals surface area (Å²) in [5.41, 5.74) is 7.06. The molecule has 0 saturated heterocycles. The van der Waals surface area contributed by atoms with Gasteiger partial charge in [-0.05, 0) is 54.5 Å². The Hall–Kier alpha value is -7.80. The molecule has 1 aliphatic carbocycles. The standard InChI is InChI=1S/C43H46FN9O10.C2HF3O2/c1-3-43(62)26-12-31-39-24(19-53(31)41(60)25(26)20-63-42(43)61)38-28(10-9-23-21(2)27(44)13-29(52-39)37(23)38)50-35(57)18-48-33(55)15-47-34(56)16-49-40(59)30(11-22-7-5-4-6-8-22)51-36(58)17-46-32(54)14-45;3-2(4,5)1(6)7/h4-8,12-13,28,30,62H,3,9-11,14-20,45H2,1-2H3,(H,46,54)(H,47,56)(H,48,55)(H,49,59)(H,50,57)(H,51,58);(H,6,7)/t28-,30?,43-;/m0./s1. The number of carbonyl (C=O) groups is 8.